The molecule has 0 saturated heterocycles. The number of anilines is 3. The zero-order valence-corrected chi connectivity index (χ0v) is 15.2. The maximum atomic E-state index is 12.2. The van der Waals surface area contributed by atoms with Crippen LogP contribution in [0, 0.1) is 0 Å². The van der Waals surface area contributed by atoms with Gasteiger partial charge in [0, 0.05) is 22.9 Å². The van der Waals surface area contributed by atoms with Crippen molar-refractivity contribution in [3.63, 3.8) is 0 Å². The van der Waals surface area contributed by atoms with Crippen LogP contribution in [-0.2, 0) is 16.4 Å². The van der Waals surface area contributed by atoms with Gasteiger partial charge in [0.1, 0.15) is 0 Å². The smallest absolute Gasteiger partial charge is 0.308 e. The minimum atomic E-state index is -3.32. The van der Waals surface area contributed by atoms with E-state index in [1.807, 2.05) is 6.07 Å². The Morgan fingerprint density at radius 3 is 2.56 bits per heavy atom. The van der Waals surface area contributed by atoms with Crippen molar-refractivity contribution in [3.8, 4) is 0 Å². The number of nitrogens with zero attached hydrogens (tertiary/aromatic N) is 1. The molecule has 132 valence electrons. The first-order valence-corrected chi connectivity index (χ1v) is 9.84. The first kappa shape index (κ1) is 17.6. The molecule has 0 radical (unpaired) electrons. The maximum Gasteiger partial charge on any atom is 0.323 e. The van der Waals surface area contributed by atoms with E-state index in [9.17, 15) is 13.2 Å². The number of halogens is 1. The summed E-state index contributed by atoms with van der Waals surface area (Å²) in [6, 6.07) is 11.7. The second kappa shape index (κ2) is 6.93. The molecule has 25 heavy (non-hydrogen) atoms. The highest BCUT2D eigenvalue weighted by Crippen LogP contribution is 2.33. The summed E-state index contributed by atoms with van der Waals surface area (Å²) in [4.78, 5) is 12.1. The monoisotopic (exact) mass is 379 g/mol. The number of urea groups is 1. The minimum absolute atomic E-state index is 0.0410. The summed E-state index contributed by atoms with van der Waals surface area (Å²) in [6.45, 7) is 2.05. The highest BCUT2D eigenvalue weighted by Gasteiger charge is 2.28. The molecule has 2 amide bonds. The molecule has 2 aromatic rings. The fourth-order valence-corrected chi connectivity index (χ4v) is 4.07. The Labute approximate surface area is 151 Å². The Bertz CT molecular complexity index is 915. The predicted octanol–water partition coefficient (Wildman–Crippen LogP) is 3.70. The maximum absolute atomic E-state index is 12.2. The van der Waals surface area contributed by atoms with E-state index >= 15 is 0 Å². The van der Waals surface area contributed by atoms with Crippen molar-refractivity contribution in [1.29, 1.82) is 0 Å². The lowest BCUT2D eigenvalue weighted by Gasteiger charge is -2.19. The van der Waals surface area contributed by atoms with Crippen LogP contribution in [0.15, 0.2) is 42.5 Å². The van der Waals surface area contributed by atoms with Crippen LogP contribution in [0.25, 0.3) is 0 Å². The Morgan fingerprint density at radius 1 is 1.16 bits per heavy atom. The van der Waals surface area contributed by atoms with Crippen LogP contribution in [0.3, 0.4) is 0 Å². The normalized spacial score (nSPS) is 13.4. The van der Waals surface area contributed by atoms with Gasteiger partial charge in [-0.1, -0.05) is 23.7 Å². The molecular weight excluding hydrogens is 362 g/mol. The third kappa shape index (κ3) is 3.88. The van der Waals surface area contributed by atoms with Gasteiger partial charge < -0.3 is 10.6 Å². The van der Waals surface area contributed by atoms with Gasteiger partial charge >= 0.3 is 6.03 Å². The highest BCUT2D eigenvalue weighted by molar-refractivity contribution is 7.92. The molecule has 0 saturated carbocycles. The second-order valence-corrected chi connectivity index (χ2v) is 8.27. The van der Waals surface area contributed by atoms with Gasteiger partial charge in [0.25, 0.3) is 0 Å². The van der Waals surface area contributed by atoms with E-state index in [0.29, 0.717) is 35.1 Å². The number of carbonyl (C=O) groups is 1. The van der Waals surface area contributed by atoms with Gasteiger partial charge in [-0.25, -0.2) is 13.2 Å². The number of sulfonamides is 1. The Morgan fingerprint density at radius 2 is 1.88 bits per heavy atom. The van der Waals surface area contributed by atoms with Crippen LogP contribution in [0.4, 0.5) is 21.9 Å². The zero-order chi connectivity index (χ0) is 18.0. The Balaban J connectivity index is 1.76. The molecule has 2 aromatic carbocycles. The minimum Gasteiger partial charge on any atom is -0.308 e. The van der Waals surface area contributed by atoms with Crippen molar-refractivity contribution in [2.75, 3.05) is 27.2 Å². The average molecular weight is 380 g/mol. The second-order valence-electron chi connectivity index (χ2n) is 5.66. The summed E-state index contributed by atoms with van der Waals surface area (Å²) in [5.41, 5.74) is 2.68. The van der Waals surface area contributed by atoms with Crippen molar-refractivity contribution in [1.82, 2.24) is 0 Å². The summed E-state index contributed by atoms with van der Waals surface area (Å²) in [5, 5.41) is 5.92. The van der Waals surface area contributed by atoms with Crippen LogP contribution in [0.5, 0.6) is 0 Å². The average Bonchev–Trinajstić information content (AvgIpc) is 2.98. The van der Waals surface area contributed by atoms with E-state index in [1.165, 1.54) is 4.31 Å². The summed E-state index contributed by atoms with van der Waals surface area (Å²) >= 11 is 5.89. The van der Waals surface area contributed by atoms with Crippen molar-refractivity contribution < 1.29 is 13.2 Å². The molecule has 8 heteroatoms. The molecule has 0 atom stereocenters. The summed E-state index contributed by atoms with van der Waals surface area (Å²) < 4.78 is 25.8. The van der Waals surface area contributed by atoms with E-state index in [0.717, 1.165) is 5.56 Å². The van der Waals surface area contributed by atoms with Crippen LogP contribution in [0.1, 0.15) is 12.5 Å². The third-order valence-electron chi connectivity index (χ3n) is 3.98. The zero-order valence-electron chi connectivity index (χ0n) is 13.6. The highest BCUT2D eigenvalue weighted by atomic mass is 35.5. The molecule has 0 unspecified atom stereocenters. The number of hydrogen-bond acceptors (Lipinski definition) is 3. The molecule has 0 spiro atoms. The molecule has 0 aliphatic carbocycles. The number of benzene rings is 2. The quantitative estimate of drug-likeness (QED) is 0.850. The van der Waals surface area contributed by atoms with Crippen LogP contribution >= 0.6 is 11.6 Å². The van der Waals surface area contributed by atoms with E-state index in [2.05, 4.69) is 10.6 Å². The van der Waals surface area contributed by atoms with Gasteiger partial charge in [0.2, 0.25) is 10.0 Å². The number of rotatable bonds is 4. The standard InChI is InChI=1S/C17H18ClN3O3S/c1-2-25(23,24)21-9-8-12-6-7-15(11-16(12)21)20-17(22)19-14-5-3-4-13(18)10-14/h3-7,10-11H,2,8-9H2,1H3,(H2,19,20,22). The SMILES string of the molecule is CCS(=O)(=O)N1CCc2ccc(NC(=O)Nc3cccc(Cl)c3)cc21. The molecule has 1 heterocycles. The first-order chi connectivity index (χ1) is 11.9. The first-order valence-electron chi connectivity index (χ1n) is 7.86. The molecule has 3 rings (SSSR count). The molecule has 1 aliphatic heterocycles. The number of hydrogen-bond donors (Lipinski definition) is 2. The van der Waals surface area contributed by atoms with Gasteiger partial charge in [-0.05, 0) is 49.2 Å². The van der Waals surface area contributed by atoms with Crippen molar-refractivity contribution in [2.24, 2.45) is 0 Å². The van der Waals surface area contributed by atoms with Crippen molar-refractivity contribution >= 4 is 44.7 Å². The van der Waals surface area contributed by atoms with Gasteiger partial charge in [-0.15, -0.1) is 0 Å². The van der Waals surface area contributed by atoms with Crippen LogP contribution < -0.4 is 14.9 Å². The Hall–Kier alpha value is -2.25. The Kier molecular flexibility index (Phi) is 4.87. The van der Waals surface area contributed by atoms with Gasteiger partial charge in [0.15, 0.2) is 0 Å². The van der Waals surface area contributed by atoms with E-state index in [-0.39, 0.29) is 5.75 Å². The predicted molar refractivity (Wildman–Crippen MR) is 101 cm³/mol. The third-order valence-corrected chi connectivity index (χ3v) is 5.99. The van der Waals surface area contributed by atoms with Crippen molar-refractivity contribution in [3.05, 3.63) is 53.1 Å². The molecule has 1 aliphatic rings. The van der Waals surface area contributed by atoms with E-state index in [4.69, 9.17) is 11.6 Å². The van der Waals surface area contributed by atoms with Crippen molar-refractivity contribution in [2.45, 2.75) is 13.3 Å². The van der Waals surface area contributed by atoms with E-state index in [1.54, 1.807) is 43.3 Å². The lowest BCUT2D eigenvalue weighted by atomic mass is 10.1. The molecule has 0 fully saturated rings. The number of fused-ring (bicyclic) bond motifs is 1. The topological polar surface area (TPSA) is 78.5 Å². The van der Waals surface area contributed by atoms with E-state index < -0.39 is 16.1 Å². The van der Waals surface area contributed by atoms with Crippen LogP contribution in [0.2, 0.25) is 5.02 Å². The lowest BCUT2D eigenvalue weighted by molar-refractivity contribution is 0.262. The molecule has 6 nitrogen and oxygen atoms in total. The largest absolute Gasteiger partial charge is 0.323 e. The fourth-order valence-electron chi connectivity index (χ4n) is 2.73. The fraction of sp³-hybridized carbons (Fsp3) is 0.235. The molecular formula is C17H18ClN3O3S. The number of amides is 2. The lowest BCUT2D eigenvalue weighted by Crippen LogP contribution is -2.30. The van der Waals surface area contributed by atoms with Gasteiger partial charge in [-0.3, -0.25) is 4.31 Å². The number of nitrogens with one attached hydrogen (secondary N) is 2. The van der Waals surface area contributed by atoms with Gasteiger partial charge in [-0.2, -0.15) is 0 Å². The summed E-state index contributed by atoms with van der Waals surface area (Å²) in [5.74, 6) is 0.0410. The van der Waals surface area contributed by atoms with Crippen LogP contribution in [-0.4, -0.2) is 26.7 Å². The summed E-state index contributed by atoms with van der Waals surface area (Å²) in [6.07, 6.45) is 0.670. The molecule has 0 aromatic heterocycles. The molecule has 2 N–H and O–H groups in total. The van der Waals surface area contributed by atoms with Gasteiger partial charge in [0.05, 0.1) is 11.4 Å². The molecule has 0 bridgehead atoms. The summed E-state index contributed by atoms with van der Waals surface area (Å²) in [7, 11) is -3.32. The number of carbonyl (C=O) groups excluding carboxylic acids is 1.